The molecule has 0 amide bonds. The maximum absolute atomic E-state index is 6.23. The Balaban J connectivity index is 1.72. The minimum absolute atomic E-state index is 0.695. The number of rotatable bonds is 3. The Morgan fingerprint density at radius 1 is 1.04 bits per heavy atom. The second kappa shape index (κ2) is 5.76. The highest BCUT2D eigenvalue weighted by atomic mass is 35.5. The van der Waals surface area contributed by atoms with E-state index in [1.807, 2.05) is 40.9 Å². The van der Waals surface area contributed by atoms with Gasteiger partial charge in [0, 0.05) is 17.0 Å². The molecule has 0 unspecified atom stereocenters. The van der Waals surface area contributed by atoms with E-state index in [0.29, 0.717) is 6.42 Å². The van der Waals surface area contributed by atoms with Crippen LogP contribution in [0.2, 0.25) is 5.02 Å². The highest BCUT2D eigenvalue weighted by Gasteiger charge is 2.14. The first-order valence-corrected chi connectivity index (χ1v) is 8.42. The van der Waals surface area contributed by atoms with E-state index in [0.717, 1.165) is 31.9 Å². The van der Waals surface area contributed by atoms with E-state index in [1.165, 1.54) is 16.9 Å². The van der Waals surface area contributed by atoms with Gasteiger partial charge in [-0.25, -0.2) is 0 Å². The molecule has 2 aromatic heterocycles. The highest BCUT2D eigenvalue weighted by molar-refractivity contribution is 7.16. The van der Waals surface area contributed by atoms with E-state index >= 15 is 0 Å². The minimum Gasteiger partial charge on any atom is -0.183 e. The molecule has 4 nitrogen and oxygen atoms in total. The lowest BCUT2D eigenvalue weighted by atomic mass is 10.1. The van der Waals surface area contributed by atoms with Gasteiger partial charge in [-0.15, -0.1) is 10.2 Å². The monoisotopic (exact) mass is 340 g/mol. The summed E-state index contributed by atoms with van der Waals surface area (Å²) >= 11 is 7.77. The van der Waals surface area contributed by atoms with Crippen molar-refractivity contribution in [3.8, 4) is 11.4 Å². The van der Waals surface area contributed by atoms with Crippen LogP contribution >= 0.6 is 22.9 Å². The molecular weight excluding hydrogens is 328 g/mol. The fourth-order valence-corrected chi connectivity index (χ4v) is 3.47. The molecule has 4 aromatic rings. The van der Waals surface area contributed by atoms with Crippen LogP contribution in [0.3, 0.4) is 0 Å². The smallest absolute Gasteiger partial charge is 0.183 e. The standard InChI is InChI=1S/C17H13ClN4S/c1-11-6-8-12(9-7-11)16-19-20-17-22(16)21-15(23-17)10-13-4-2-3-5-14(13)18/h2-9H,10H2,1H3. The van der Waals surface area contributed by atoms with E-state index in [1.54, 1.807) is 0 Å². The van der Waals surface area contributed by atoms with Crippen molar-refractivity contribution in [1.82, 2.24) is 19.8 Å². The van der Waals surface area contributed by atoms with Crippen molar-refractivity contribution in [2.24, 2.45) is 0 Å². The summed E-state index contributed by atoms with van der Waals surface area (Å²) in [6.45, 7) is 2.06. The zero-order valence-electron chi connectivity index (χ0n) is 12.4. The molecule has 4 rings (SSSR count). The predicted molar refractivity (Wildman–Crippen MR) is 93.1 cm³/mol. The summed E-state index contributed by atoms with van der Waals surface area (Å²) in [6, 6.07) is 16.0. The number of benzene rings is 2. The second-order valence-electron chi connectivity index (χ2n) is 5.35. The normalized spacial score (nSPS) is 11.2. The van der Waals surface area contributed by atoms with Crippen LogP contribution < -0.4 is 0 Å². The van der Waals surface area contributed by atoms with Crippen LogP contribution in [0.5, 0.6) is 0 Å². The van der Waals surface area contributed by atoms with Gasteiger partial charge in [0.15, 0.2) is 5.82 Å². The summed E-state index contributed by atoms with van der Waals surface area (Å²) in [5.74, 6) is 0.765. The number of hydrogen-bond acceptors (Lipinski definition) is 4. The van der Waals surface area contributed by atoms with Crippen LogP contribution in [-0.4, -0.2) is 19.8 Å². The van der Waals surface area contributed by atoms with Gasteiger partial charge in [0.2, 0.25) is 4.96 Å². The van der Waals surface area contributed by atoms with E-state index in [4.69, 9.17) is 11.6 Å². The average molecular weight is 341 g/mol. The molecule has 6 heteroatoms. The molecule has 0 saturated heterocycles. The third-order valence-corrected chi connectivity index (χ3v) is 4.91. The number of nitrogens with zero attached hydrogens (tertiary/aromatic N) is 4. The first-order chi connectivity index (χ1) is 11.2. The Kier molecular flexibility index (Phi) is 3.59. The van der Waals surface area contributed by atoms with Crippen molar-refractivity contribution in [3.63, 3.8) is 0 Å². The van der Waals surface area contributed by atoms with Gasteiger partial charge in [-0.1, -0.05) is 71.0 Å². The molecule has 0 saturated carbocycles. The summed E-state index contributed by atoms with van der Waals surface area (Å²) in [5.41, 5.74) is 3.29. The van der Waals surface area contributed by atoms with Crippen molar-refractivity contribution in [3.05, 3.63) is 69.7 Å². The predicted octanol–water partition coefficient (Wildman–Crippen LogP) is 4.41. The molecule has 0 spiro atoms. The third-order valence-electron chi connectivity index (χ3n) is 3.64. The van der Waals surface area contributed by atoms with Gasteiger partial charge >= 0.3 is 0 Å². The number of aryl methyl sites for hydroxylation is 1. The zero-order chi connectivity index (χ0) is 15.8. The number of hydrogen-bond donors (Lipinski definition) is 0. The van der Waals surface area contributed by atoms with Gasteiger partial charge in [0.1, 0.15) is 5.01 Å². The van der Waals surface area contributed by atoms with Crippen molar-refractivity contribution in [1.29, 1.82) is 0 Å². The molecule has 0 bridgehead atoms. The summed E-state index contributed by atoms with van der Waals surface area (Å²) in [4.78, 5) is 0.794. The fraction of sp³-hybridized carbons (Fsp3) is 0.118. The molecule has 0 fully saturated rings. The maximum Gasteiger partial charge on any atom is 0.234 e. The van der Waals surface area contributed by atoms with Gasteiger partial charge in [0.25, 0.3) is 0 Å². The molecule has 2 aromatic carbocycles. The first-order valence-electron chi connectivity index (χ1n) is 7.22. The van der Waals surface area contributed by atoms with Crippen molar-refractivity contribution >= 4 is 27.9 Å². The van der Waals surface area contributed by atoms with Gasteiger partial charge in [-0.05, 0) is 18.6 Å². The lowest BCUT2D eigenvalue weighted by Crippen LogP contribution is -1.94. The number of aromatic nitrogens is 4. The largest absolute Gasteiger partial charge is 0.234 e. The molecular formula is C17H13ClN4S. The Morgan fingerprint density at radius 3 is 2.61 bits per heavy atom. The Hall–Kier alpha value is -2.24. The lowest BCUT2D eigenvalue weighted by Gasteiger charge is -2.00. The molecule has 114 valence electrons. The molecule has 0 radical (unpaired) electrons. The van der Waals surface area contributed by atoms with Crippen molar-refractivity contribution in [2.45, 2.75) is 13.3 Å². The van der Waals surface area contributed by atoms with E-state index in [9.17, 15) is 0 Å². The van der Waals surface area contributed by atoms with E-state index in [-0.39, 0.29) is 0 Å². The molecule has 0 N–H and O–H groups in total. The average Bonchev–Trinajstić information content (AvgIpc) is 3.11. The number of fused-ring (bicyclic) bond motifs is 1. The van der Waals surface area contributed by atoms with Gasteiger partial charge < -0.3 is 0 Å². The van der Waals surface area contributed by atoms with Crippen molar-refractivity contribution < 1.29 is 0 Å². The summed E-state index contributed by atoms with van der Waals surface area (Å²) in [7, 11) is 0. The SMILES string of the molecule is Cc1ccc(-c2nnc3sc(Cc4ccccc4Cl)nn23)cc1. The molecule has 0 aliphatic heterocycles. The zero-order valence-corrected chi connectivity index (χ0v) is 14.0. The van der Waals surface area contributed by atoms with Crippen LogP contribution in [0.15, 0.2) is 48.5 Å². The van der Waals surface area contributed by atoms with Crippen LogP contribution in [0.25, 0.3) is 16.3 Å². The molecule has 2 heterocycles. The van der Waals surface area contributed by atoms with Crippen LogP contribution in [0, 0.1) is 6.92 Å². The third kappa shape index (κ3) is 2.73. The molecule has 0 aliphatic rings. The summed E-state index contributed by atoms with van der Waals surface area (Å²) in [6.07, 6.45) is 0.695. The molecule has 0 atom stereocenters. The molecule has 0 aliphatic carbocycles. The van der Waals surface area contributed by atoms with Crippen LogP contribution in [0.4, 0.5) is 0 Å². The molecule has 23 heavy (non-hydrogen) atoms. The highest BCUT2D eigenvalue weighted by Crippen LogP contribution is 2.25. The van der Waals surface area contributed by atoms with E-state index < -0.39 is 0 Å². The first kappa shape index (κ1) is 14.4. The van der Waals surface area contributed by atoms with Crippen LogP contribution in [-0.2, 0) is 6.42 Å². The quantitative estimate of drug-likeness (QED) is 0.555. The summed E-state index contributed by atoms with van der Waals surface area (Å²) < 4.78 is 1.81. The maximum atomic E-state index is 6.23. The number of halogens is 1. The summed E-state index contributed by atoms with van der Waals surface area (Å²) in [5, 5.41) is 14.9. The minimum atomic E-state index is 0.695. The topological polar surface area (TPSA) is 43.1 Å². The fourth-order valence-electron chi connectivity index (χ4n) is 2.42. The van der Waals surface area contributed by atoms with Gasteiger partial charge in [-0.3, -0.25) is 0 Å². The van der Waals surface area contributed by atoms with Gasteiger partial charge in [0.05, 0.1) is 0 Å². The van der Waals surface area contributed by atoms with Crippen molar-refractivity contribution in [2.75, 3.05) is 0 Å². The Bertz CT molecular complexity index is 972. The Morgan fingerprint density at radius 2 is 1.83 bits per heavy atom. The lowest BCUT2D eigenvalue weighted by molar-refractivity contribution is 0.918. The van der Waals surface area contributed by atoms with E-state index in [2.05, 4.69) is 34.4 Å². The second-order valence-corrected chi connectivity index (χ2v) is 6.80. The Labute approximate surface area is 142 Å². The van der Waals surface area contributed by atoms with Crippen LogP contribution in [0.1, 0.15) is 16.1 Å². The van der Waals surface area contributed by atoms with Gasteiger partial charge in [-0.2, -0.15) is 9.61 Å².